The molecule has 0 bridgehead atoms. The average Bonchev–Trinajstić information content (AvgIpc) is 3.20. The fourth-order valence-electron chi connectivity index (χ4n) is 7.11. The summed E-state index contributed by atoms with van der Waals surface area (Å²) in [6, 6.07) is 22.3. The quantitative estimate of drug-likeness (QED) is 0.277. The molecule has 0 spiro atoms. The summed E-state index contributed by atoms with van der Waals surface area (Å²) in [4.78, 5) is 2.50. The highest BCUT2D eigenvalue weighted by atomic mass is 15.2. The van der Waals surface area contributed by atoms with Gasteiger partial charge in [-0.1, -0.05) is 131 Å². The van der Waals surface area contributed by atoms with Gasteiger partial charge in [0.25, 0.3) is 0 Å². The van der Waals surface area contributed by atoms with E-state index in [0.29, 0.717) is 0 Å². The minimum Gasteiger partial charge on any atom is -0.387 e. The van der Waals surface area contributed by atoms with Crippen LogP contribution in [-0.4, -0.2) is 13.6 Å². The molecule has 2 aliphatic rings. The van der Waals surface area contributed by atoms with Gasteiger partial charge in [0, 0.05) is 46.9 Å². The lowest BCUT2D eigenvalue weighted by Crippen LogP contribution is -2.29. The maximum absolute atomic E-state index is 3.57. The third-order valence-electron chi connectivity index (χ3n) is 9.15. The van der Waals surface area contributed by atoms with Crippen LogP contribution < -0.4 is 10.2 Å². The molecule has 1 saturated carbocycles. The topological polar surface area (TPSA) is 15.3 Å². The van der Waals surface area contributed by atoms with Gasteiger partial charge in [-0.15, -0.1) is 0 Å². The Hall–Kier alpha value is -3.52. The Labute approximate surface area is 242 Å². The summed E-state index contributed by atoms with van der Waals surface area (Å²) < 4.78 is 0. The molecule has 1 aliphatic heterocycles. The lowest BCUT2D eigenvalue weighted by Gasteiger charge is -2.39. The van der Waals surface area contributed by atoms with Gasteiger partial charge in [-0.25, -0.2) is 0 Å². The van der Waals surface area contributed by atoms with E-state index in [0.717, 1.165) is 19.4 Å². The number of benzene rings is 3. The number of hydrogen-bond donors (Lipinski definition) is 1. The van der Waals surface area contributed by atoms with Crippen LogP contribution in [0.4, 0.5) is 11.4 Å². The van der Waals surface area contributed by atoms with Gasteiger partial charge in [-0.2, -0.15) is 0 Å². The van der Waals surface area contributed by atoms with Crippen molar-refractivity contribution >= 4 is 22.1 Å². The van der Waals surface area contributed by atoms with E-state index in [1.54, 1.807) is 0 Å². The Morgan fingerprint density at radius 3 is 2.33 bits per heavy atom. The second-order valence-corrected chi connectivity index (χ2v) is 12.0. The summed E-state index contributed by atoms with van der Waals surface area (Å²) in [5, 5.41) is 6.22. The van der Waals surface area contributed by atoms with Gasteiger partial charge in [0.05, 0.1) is 0 Å². The van der Waals surface area contributed by atoms with Gasteiger partial charge in [0.15, 0.2) is 0 Å². The predicted octanol–water partition coefficient (Wildman–Crippen LogP) is 10.2. The van der Waals surface area contributed by atoms with E-state index in [9.17, 15) is 0 Å². The molecule has 0 aromatic heterocycles. The highest BCUT2D eigenvalue weighted by molar-refractivity contribution is 5.96. The first kappa shape index (κ1) is 28.0. The Bertz CT molecular complexity index is 1430. The molecule has 1 heterocycles. The van der Waals surface area contributed by atoms with Crippen LogP contribution in [0.2, 0.25) is 0 Å². The molecular formula is C38H46N2. The zero-order valence-electron chi connectivity index (χ0n) is 24.9. The second kappa shape index (κ2) is 12.3. The molecule has 1 aliphatic carbocycles. The number of allylic oxidation sites excluding steroid dienone is 8. The first-order valence-corrected chi connectivity index (χ1v) is 15.3. The number of hydrogen-bond acceptors (Lipinski definition) is 2. The van der Waals surface area contributed by atoms with Crippen molar-refractivity contribution in [3.63, 3.8) is 0 Å². The van der Waals surface area contributed by atoms with Crippen molar-refractivity contribution in [2.75, 3.05) is 23.8 Å². The van der Waals surface area contributed by atoms with E-state index < -0.39 is 0 Å². The summed E-state index contributed by atoms with van der Waals surface area (Å²) in [6.45, 7) is 7.99. The van der Waals surface area contributed by atoms with Crippen molar-refractivity contribution in [3.05, 3.63) is 120 Å². The van der Waals surface area contributed by atoms with Crippen molar-refractivity contribution in [3.8, 4) is 0 Å². The Morgan fingerprint density at radius 2 is 1.52 bits per heavy atom. The standard InChI is InChI=1S/C38H46N2/c1-5-29-40-34-22-15-14-21-32(34)37(2,3)35(40)23-11-8-6-7-9-16-26-38(27-17-10-18-28-38)33-25-24-30-19-12-13-20-31(30)36(33)39-4/h6-9,11-16,19-25,39H,5,10,17-18,26-29H2,1-4H3/b7-6+,11-8+,16-9+,35-23+. The summed E-state index contributed by atoms with van der Waals surface area (Å²) in [5.41, 5.74) is 7.19. The van der Waals surface area contributed by atoms with Gasteiger partial charge < -0.3 is 10.2 Å². The highest BCUT2D eigenvalue weighted by Gasteiger charge is 2.39. The van der Waals surface area contributed by atoms with Crippen LogP contribution in [0.1, 0.15) is 76.8 Å². The van der Waals surface area contributed by atoms with Crippen LogP contribution in [-0.2, 0) is 10.8 Å². The molecule has 0 saturated heterocycles. The van der Waals surface area contributed by atoms with Crippen LogP contribution in [0.15, 0.2) is 109 Å². The molecule has 1 N–H and O–H groups in total. The van der Waals surface area contributed by atoms with Gasteiger partial charge in [0.2, 0.25) is 0 Å². The maximum Gasteiger partial charge on any atom is 0.0455 e. The number of para-hydroxylation sites is 1. The lowest BCUT2D eigenvalue weighted by molar-refractivity contribution is 0.296. The Kier molecular flexibility index (Phi) is 8.64. The van der Waals surface area contributed by atoms with Crippen LogP contribution in [0.25, 0.3) is 10.8 Å². The monoisotopic (exact) mass is 530 g/mol. The van der Waals surface area contributed by atoms with Crippen LogP contribution in [0.5, 0.6) is 0 Å². The van der Waals surface area contributed by atoms with E-state index in [1.807, 2.05) is 0 Å². The molecular weight excluding hydrogens is 484 g/mol. The smallest absolute Gasteiger partial charge is 0.0455 e. The van der Waals surface area contributed by atoms with Gasteiger partial charge >= 0.3 is 0 Å². The number of fused-ring (bicyclic) bond motifs is 2. The molecule has 3 aromatic carbocycles. The molecule has 3 aromatic rings. The molecule has 208 valence electrons. The maximum atomic E-state index is 3.57. The number of anilines is 2. The zero-order valence-corrected chi connectivity index (χ0v) is 24.9. The van der Waals surface area contributed by atoms with Crippen LogP contribution in [0, 0.1) is 0 Å². The van der Waals surface area contributed by atoms with E-state index in [-0.39, 0.29) is 10.8 Å². The molecule has 1 fully saturated rings. The van der Waals surface area contributed by atoms with Gasteiger partial charge in [-0.3, -0.25) is 0 Å². The molecule has 0 unspecified atom stereocenters. The number of nitrogens with zero attached hydrogens (tertiary/aromatic N) is 1. The summed E-state index contributed by atoms with van der Waals surface area (Å²) in [6.07, 6.45) is 24.4. The zero-order chi connectivity index (χ0) is 28.0. The highest BCUT2D eigenvalue weighted by Crippen LogP contribution is 2.48. The first-order valence-electron chi connectivity index (χ1n) is 15.3. The second-order valence-electron chi connectivity index (χ2n) is 12.0. The fraction of sp³-hybridized carbons (Fsp3) is 0.368. The third kappa shape index (κ3) is 5.42. The SMILES string of the molecule is CCCN1/C(=C/C=C/C=C/C=C/CC2(c3ccc4ccccc4c3NC)CCCCC2)C(C)(C)c2ccccc21. The predicted molar refractivity (Wildman–Crippen MR) is 175 cm³/mol. The molecule has 2 nitrogen and oxygen atoms in total. The molecule has 5 rings (SSSR count). The third-order valence-corrected chi connectivity index (χ3v) is 9.15. The Balaban J connectivity index is 1.30. The number of rotatable bonds is 9. The first-order chi connectivity index (χ1) is 19.5. The van der Waals surface area contributed by atoms with Gasteiger partial charge in [0.1, 0.15) is 0 Å². The summed E-state index contributed by atoms with van der Waals surface area (Å²) in [5.74, 6) is 0. The van der Waals surface area contributed by atoms with E-state index >= 15 is 0 Å². The van der Waals surface area contributed by atoms with Crippen molar-refractivity contribution in [2.24, 2.45) is 0 Å². The van der Waals surface area contributed by atoms with Crippen molar-refractivity contribution in [2.45, 2.75) is 76.5 Å². The van der Waals surface area contributed by atoms with Crippen LogP contribution >= 0.6 is 0 Å². The van der Waals surface area contributed by atoms with Crippen LogP contribution in [0.3, 0.4) is 0 Å². The van der Waals surface area contributed by atoms with Crippen molar-refractivity contribution in [1.29, 1.82) is 0 Å². The fourth-order valence-corrected chi connectivity index (χ4v) is 7.11. The molecule has 0 amide bonds. The Morgan fingerprint density at radius 1 is 0.800 bits per heavy atom. The van der Waals surface area contributed by atoms with Crippen molar-refractivity contribution in [1.82, 2.24) is 0 Å². The minimum absolute atomic E-state index is 0.0169. The largest absolute Gasteiger partial charge is 0.387 e. The van der Waals surface area contributed by atoms with Gasteiger partial charge in [-0.05, 0) is 54.3 Å². The summed E-state index contributed by atoms with van der Waals surface area (Å²) in [7, 11) is 2.08. The average molecular weight is 531 g/mol. The molecule has 0 atom stereocenters. The molecule has 40 heavy (non-hydrogen) atoms. The lowest BCUT2D eigenvalue weighted by atomic mass is 9.66. The van der Waals surface area contributed by atoms with Crippen molar-refractivity contribution < 1.29 is 0 Å². The molecule has 0 radical (unpaired) electrons. The van der Waals surface area contributed by atoms with E-state index in [4.69, 9.17) is 0 Å². The van der Waals surface area contributed by atoms with E-state index in [1.165, 1.54) is 71.1 Å². The number of nitrogens with one attached hydrogen (secondary N) is 1. The van der Waals surface area contributed by atoms with E-state index in [2.05, 4.69) is 141 Å². The normalized spacial score (nSPS) is 19.4. The molecule has 2 heteroatoms. The minimum atomic E-state index is 0.0169. The summed E-state index contributed by atoms with van der Waals surface area (Å²) >= 11 is 0.